The highest BCUT2D eigenvalue weighted by atomic mass is 32.2. The second-order valence-electron chi connectivity index (χ2n) is 23.1. The van der Waals surface area contributed by atoms with Crippen molar-refractivity contribution in [3.8, 4) is 0 Å². The molecule has 0 radical (unpaired) electrons. The predicted molar refractivity (Wildman–Crippen MR) is 409 cm³/mol. The summed E-state index contributed by atoms with van der Waals surface area (Å²) >= 11 is 0. The quantitative estimate of drug-likeness (QED) is 0.00791. The Morgan fingerprint density at radius 2 is 0.838 bits per heavy atom. The fraction of sp³-hybridized carbons (Fsp3) is 0.205. The topological polar surface area (TPSA) is 353 Å². The molecule has 0 aliphatic carbocycles. The van der Waals surface area contributed by atoms with E-state index in [1.165, 1.54) is 88.0 Å². The average Bonchev–Trinajstić information content (AvgIpc) is 0.793. The lowest BCUT2D eigenvalue weighted by atomic mass is 10.1. The monoisotopic (exact) mass is 1510 g/mol. The summed E-state index contributed by atoms with van der Waals surface area (Å²) < 4.78 is 111. The number of nitrogens with zero attached hydrogens (tertiary/aromatic N) is 1. The number of likely N-dealkylation sites (N-methyl/N-ethyl adjacent to an activating group) is 1. The van der Waals surface area contributed by atoms with Gasteiger partial charge in [-0.1, -0.05) is 202 Å². The highest BCUT2D eigenvalue weighted by Crippen LogP contribution is 2.29. The molecule has 8 aromatic rings. The Bertz CT molecular complexity index is 4680. The molecule has 10 N–H and O–H groups in total. The number of carbonyl (C=O) groups excluding carboxylic acids is 4. The number of amides is 4. The van der Waals surface area contributed by atoms with E-state index >= 15 is 0 Å². The van der Waals surface area contributed by atoms with Crippen molar-refractivity contribution >= 4 is 94.1 Å². The summed E-state index contributed by atoms with van der Waals surface area (Å²) in [6.45, 7) is 6.82. The van der Waals surface area contributed by atoms with E-state index in [1.54, 1.807) is 78.9 Å². The summed E-state index contributed by atoms with van der Waals surface area (Å²) in [6, 6.07) is 63.7. The summed E-state index contributed by atoms with van der Waals surface area (Å²) in [7, 11) is -13.1. The third-order valence-electron chi connectivity index (χ3n) is 15.4. The Morgan fingerprint density at radius 1 is 0.438 bits per heavy atom. The first-order valence-electron chi connectivity index (χ1n) is 33.4. The highest BCUT2D eigenvalue weighted by Gasteiger charge is 2.30. The Labute approximate surface area is 616 Å². The third kappa shape index (κ3) is 31.0. The normalized spacial score (nSPS) is 12.3. The van der Waals surface area contributed by atoms with Gasteiger partial charge in [-0.2, -0.15) is 4.31 Å². The molecule has 23 nitrogen and oxygen atoms in total. The van der Waals surface area contributed by atoms with Gasteiger partial charge in [0, 0.05) is 63.1 Å². The summed E-state index contributed by atoms with van der Waals surface area (Å²) in [5.41, 5.74) is 10.9. The number of rotatable bonds is 33. The van der Waals surface area contributed by atoms with Crippen LogP contribution in [0.2, 0.25) is 0 Å². The molecule has 0 aliphatic rings. The molecule has 2 unspecified atom stereocenters. The van der Waals surface area contributed by atoms with E-state index in [0.717, 1.165) is 67.0 Å². The number of aryl methyl sites for hydroxylation is 1. The van der Waals surface area contributed by atoms with Crippen LogP contribution in [0.5, 0.6) is 0 Å². The molecule has 556 valence electrons. The standard InChI is InChI=1S/C21H26N2O4S.C20H24N2O3S.C19H22N2O4S.C18H18N2O4S/c1-3-4-15-23(17(2)19-10-6-5-7-11-19)28(26,27)20-12-8-9-18(16-20)13-14-21(24)22-25;1-21-20(23)14-13-18-11-7-12-19(16-18)26(24,25)22-15-6-5-10-17-8-3-2-4-9-17;1-2-17(13-15-7-4-3-5-8-15)21-26(24,25)18-10-6-9-16(14-18)11-12-19(22)20-23;21-18(20-22)12-11-16-8-4-10-17(14-16)25(23,24)19-13-5-9-15-6-2-1-3-7-15/h5-14,16-17,25H,3-4,15H2,1-2H3,(H,22,24);2-4,7-9,11-14,16,22H,5-6,10,15H2,1H3,(H,21,23);3-12,14,17,21,23H,2,13H2,1H3,(H,20,22);1-12,14,19,22H,13H2,(H,20,21)/b2*14-13+;12-11+;9-5+,12-11+. The van der Waals surface area contributed by atoms with Crippen molar-refractivity contribution in [2.45, 2.75) is 97.4 Å². The van der Waals surface area contributed by atoms with Crippen molar-refractivity contribution in [3.05, 3.63) is 293 Å². The molecule has 0 saturated heterocycles. The molecular formula is C78H90N8O15S4. The van der Waals surface area contributed by atoms with E-state index < -0.39 is 57.8 Å². The minimum absolute atomic E-state index is 0.0900. The molecule has 0 fully saturated rings. The highest BCUT2D eigenvalue weighted by molar-refractivity contribution is 7.90. The Morgan fingerprint density at radius 3 is 1.29 bits per heavy atom. The summed E-state index contributed by atoms with van der Waals surface area (Å²) in [4.78, 5) is 45.0. The van der Waals surface area contributed by atoms with Crippen LogP contribution in [-0.2, 0) is 72.1 Å². The number of nitrogens with one attached hydrogen (secondary N) is 7. The van der Waals surface area contributed by atoms with Crippen molar-refractivity contribution in [2.24, 2.45) is 0 Å². The van der Waals surface area contributed by atoms with Gasteiger partial charge in [0.15, 0.2) is 0 Å². The number of hydrogen-bond acceptors (Lipinski definition) is 15. The molecule has 4 amide bonds. The van der Waals surface area contributed by atoms with Gasteiger partial charge in [-0.05, 0) is 163 Å². The summed E-state index contributed by atoms with van der Waals surface area (Å²) in [5.74, 6) is -2.31. The van der Waals surface area contributed by atoms with Gasteiger partial charge in [0.25, 0.3) is 17.7 Å². The van der Waals surface area contributed by atoms with E-state index in [-0.39, 0.29) is 44.1 Å². The van der Waals surface area contributed by atoms with E-state index in [2.05, 4.69) is 31.6 Å². The Kier molecular flexibility index (Phi) is 36.8. The number of unbranched alkanes of at least 4 members (excludes halogenated alkanes) is 2. The Hall–Kier alpha value is -10.1. The maximum atomic E-state index is 13.4. The van der Waals surface area contributed by atoms with E-state index in [0.29, 0.717) is 48.2 Å². The lowest BCUT2D eigenvalue weighted by molar-refractivity contribution is -0.124. The van der Waals surface area contributed by atoms with Gasteiger partial charge in [-0.3, -0.25) is 34.8 Å². The molecule has 2 atom stereocenters. The van der Waals surface area contributed by atoms with Gasteiger partial charge in [0.05, 0.1) is 19.6 Å². The largest absolute Gasteiger partial charge is 0.356 e. The molecular weight excluding hydrogens is 1420 g/mol. The number of hydroxylamine groups is 3. The SMILES string of the molecule is CCC(Cc1ccccc1)NS(=O)(=O)c1cccc(/C=C/C(=O)NO)c1.CCCCN(C(C)c1ccccc1)S(=O)(=O)c1cccc(/C=C/C(=O)NO)c1.CNC(=O)/C=C/c1cccc(S(=O)(=O)NCCCCc2ccccc2)c1.O=C(/C=C/c1cccc(S(=O)(=O)NC/C=C/c2ccccc2)c1)NO. The maximum Gasteiger partial charge on any atom is 0.267 e. The zero-order chi connectivity index (χ0) is 76.5. The number of carbonyl (C=O) groups is 4. The van der Waals surface area contributed by atoms with Crippen LogP contribution in [0.4, 0.5) is 0 Å². The van der Waals surface area contributed by atoms with Crippen LogP contribution >= 0.6 is 0 Å². The third-order valence-corrected chi connectivity index (χ3v) is 21.7. The van der Waals surface area contributed by atoms with Gasteiger partial charge >= 0.3 is 0 Å². The number of sulfonamides is 4. The Balaban J connectivity index is 0.000000252. The van der Waals surface area contributed by atoms with Crippen LogP contribution in [0, 0.1) is 0 Å². The van der Waals surface area contributed by atoms with Crippen LogP contribution in [0.3, 0.4) is 0 Å². The number of hydrogen-bond donors (Lipinski definition) is 10. The van der Waals surface area contributed by atoms with Crippen molar-refractivity contribution in [1.82, 2.24) is 40.2 Å². The maximum absolute atomic E-state index is 13.4. The zero-order valence-corrected chi connectivity index (χ0v) is 61.9. The molecule has 27 heteroatoms. The van der Waals surface area contributed by atoms with Gasteiger partial charge < -0.3 is 5.32 Å². The van der Waals surface area contributed by atoms with Crippen molar-refractivity contribution < 1.29 is 68.5 Å². The minimum Gasteiger partial charge on any atom is -0.356 e. The lowest BCUT2D eigenvalue weighted by Gasteiger charge is -2.29. The molecule has 8 rings (SSSR count). The predicted octanol–water partition coefficient (Wildman–Crippen LogP) is 11.2. The van der Waals surface area contributed by atoms with E-state index in [9.17, 15) is 52.8 Å². The first-order valence-corrected chi connectivity index (χ1v) is 39.3. The van der Waals surface area contributed by atoms with Crippen LogP contribution in [0.15, 0.2) is 268 Å². The minimum atomic E-state index is -3.74. The first-order chi connectivity index (χ1) is 50.4. The van der Waals surface area contributed by atoms with Crippen molar-refractivity contribution in [1.29, 1.82) is 0 Å². The van der Waals surface area contributed by atoms with Crippen LogP contribution in [0.25, 0.3) is 30.4 Å². The summed E-state index contributed by atoms with van der Waals surface area (Å²) in [6.07, 6.45) is 19.6. The molecule has 8 aromatic carbocycles. The van der Waals surface area contributed by atoms with Gasteiger partial charge in [-0.15, -0.1) is 0 Å². The lowest BCUT2D eigenvalue weighted by Crippen LogP contribution is -2.36. The molecule has 0 heterocycles. The molecule has 0 aromatic heterocycles. The molecule has 0 aliphatic heterocycles. The second-order valence-corrected chi connectivity index (χ2v) is 30.3. The zero-order valence-electron chi connectivity index (χ0n) is 58.6. The first kappa shape index (κ1) is 85.5. The van der Waals surface area contributed by atoms with E-state index in [4.69, 9.17) is 15.6 Å². The van der Waals surface area contributed by atoms with E-state index in [1.807, 2.05) is 136 Å². The van der Waals surface area contributed by atoms with Crippen molar-refractivity contribution in [3.63, 3.8) is 0 Å². The number of benzene rings is 8. The fourth-order valence-electron chi connectivity index (χ4n) is 9.73. The van der Waals surface area contributed by atoms with Gasteiger partial charge in [0.2, 0.25) is 46.0 Å². The molecule has 0 saturated carbocycles. The fourth-order valence-corrected chi connectivity index (χ4v) is 15.0. The van der Waals surface area contributed by atoms with Crippen LogP contribution < -0.4 is 35.9 Å². The van der Waals surface area contributed by atoms with Crippen molar-refractivity contribution in [2.75, 3.05) is 26.7 Å². The van der Waals surface area contributed by atoms with Gasteiger partial charge in [0.1, 0.15) is 0 Å². The van der Waals surface area contributed by atoms with Crippen LogP contribution in [-0.4, -0.2) is 110 Å². The smallest absolute Gasteiger partial charge is 0.267 e. The molecule has 0 spiro atoms. The summed E-state index contributed by atoms with van der Waals surface area (Å²) in [5, 5.41) is 28.0. The second kappa shape index (κ2) is 45.2. The molecule has 105 heavy (non-hydrogen) atoms. The van der Waals surface area contributed by atoms with Crippen LogP contribution in [0.1, 0.15) is 103 Å². The average molecular weight is 1510 g/mol. The van der Waals surface area contributed by atoms with Gasteiger partial charge in [-0.25, -0.2) is 64.3 Å². The molecule has 0 bridgehead atoms.